The first kappa shape index (κ1) is 15.5. The molecule has 1 aromatic carbocycles. The minimum Gasteiger partial charge on any atom is -0.508 e. The summed E-state index contributed by atoms with van der Waals surface area (Å²) in [6.07, 6.45) is 0.929. The zero-order chi connectivity index (χ0) is 14.3. The van der Waals surface area contributed by atoms with Crippen LogP contribution in [0.3, 0.4) is 0 Å². The number of phenols is 1. The second-order valence-corrected chi connectivity index (χ2v) is 4.53. The van der Waals surface area contributed by atoms with Crippen molar-refractivity contribution in [2.75, 3.05) is 19.6 Å². The van der Waals surface area contributed by atoms with Gasteiger partial charge in [0.25, 0.3) is 0 Å². The molecule has 0 saturated heterocycles. The van der Waals surface area contributed by atoms with Gasteiger partial charge in [0, 0.05) is 12.6 Å². The number of carbonyl (C=O) groups is 1. The van der Waals surface area contributed by atoms with Gasteiger partial charge in [-0.2, -0.15) is 0 Å². The molecule has 0 aliphatic rings. The molecule has 1 unspecified atom stereocenters. The van der Waals surface area contributed by atoms with Crippen molar-refractivity contribution in [2.24, 2.45) is 0 Å². The molecule has 1 rings (SSSR count). The normalized spacial score (nSPS) is 12.4. The average molecular weight is 264 g/mol. The lowest BCUT2D eigenvalue weighted by Crippen LogP contribution is -2.39. The lowest BCUT2D eigenvalue weighted by Gasteiger charge is -2.29. The molecule has 4 nitrogen and oxygen atoms in total. The third-order valence-corrected chi connectivity index (χ3v) is 3.23. The number of aromatic hydroxyl groups is 1. The third kappa shape index (κ3) is 4.56. The van der Waals surface area contributed by atoms with E-state index in [0.717, 1.165) is 18.5 Å². The van der Waals surface area contributed by atoms with Gasteiger partial charge in [0.1, 0.15) is 5.75 Å². The summed E-state index contributed by atoms with van der Waals surface area (Å²) < 4.78 is 0. The van der Waals surface area contributed by atoms with Gasteiger partial charge in [0.2, 0.25) is 5.91 Å². The van der Waals surface area contributed by atoms with Crippen molar-refractivity contribution in [2.45, 2.75) is 33.2 Å². The summed E-state index contributed by atoms with van der Waals surface area (Å²) in [4.78, 5) is 13.9. The molecule has 0 spiro atoms. The number of likely N-dealkylation sites (N-methyl/N-ethyl adjacent to an activating group) is 2. The van der Waals surface area contributed by atoms with Crippen molar-refractivity contribution >= 4 is 5.91 Å². The molecule has 1 aromatic rings. The Kier molecular flexibility index (Phi) is 6.36. The van der Waals surface area contributed by atoms with Crippen molar-refractivity contribution in [1.82, 2.24) is 10.2 Å². The molecule has 0 saturated carbocycles. The zero-order valence-corrected chi connectivity index (χ0v) is 12.0. The van der Waals surface area contributed by atoms with Crippen LogP contribution in [0.4, 0.5) is 0 Å². The lowest BCUT2D eigenvalue weighted by molar-refractivity contribution is -0.122. The first-order valence-electron chi connectivity index (χ1n) is 6.92. The van der Waals surface area contributed by atoms with Gasteiger partial charge >= 0.3 is 0 Å². The monoisotopic (exact) mass is 264 g/mol. The zero-order valence-electron chi connectivity index (χ0n) is 12.0. The molecular formula is C15H24N2O2. The molecule has 1 atom stereocenters. The Labute approximate surface area is 115 Å². The van der Waals surface area contributed by atoms with E-state index in [4.69, 9.17) is 0 Å². The first-order chi connectivity index (χ1) is 9.12. The number of hydrogen-bond donors (Lipinski definition) is 2. The van der Waals surface area contributed by atoms with Crippen molar-refractivity contribution in [3.8, 4) is 5.75 Å². The summed E-state index contributed by atoms with van der Waals surface area (Å²) in [5, 5.41) is 12.2. The van der Waals surface area contributed by atoms with E-state index < -0.39 is 0 Å². The summed E-state index contributed by atoms with van der Waals surface area (Å²) in [5.41, 5.74) is 1.13. The predicted molar refractivity (Wildman–Crippen MR) is 77.1 cm³/mol. The molecule has 0 aliphatic heterocycles. The summed E-state index contributed by atoms with van der Waals surface area (Å²) in [6, 6.07) is 7.43. The minimum atomic E-state index is 0.0570. The highest BCUT2D eigenvalue weighted by molar-refractivity contribution is 5.78. The molecule has 19 heavy (non-hydrogen) atoms. The molecule has 1 amide bonds. The largest absolute Gasteiger partial charge is 0.508 e. The molecule has 0 heterocycles. The van der Waals surface area contributed by atoms with E-state index >= 15 is 0 Å². The standard InChI is InChI=1S/C15H24N2O2/c1-4-14(12-7-9-13(18)10-8-12)17(6-3)11-15(19)16-5-2/h7-10,14,18H,4-6,11H2,1-3H3,(H,16,19). The fourth-order valence-electron chi connectivity index (χ4n) is 2.28. The van der Waals surface area contributed by atoms with Crippen LogP contribution in [-0.2, 0) is 4.79 Å². The van der Waals surface area contributed by atoms with Gasteiger partial charge in [-0.3, -0.25) is 9.69 Å². The number of rotatable bonds is 7. The van der Waals surface area contributed by atoms with Crippen LogP contribution in [-0.4, -0.2) is 35.5 Å². The Morgan fingerprint density at radius 2 is 1.89 bits per heavy atom. The molecule has 0 fully saturated rings. The first-order valence-corrected chi connectivity index (χ1v) is 6.92. The van der Waals surface area contributed by atoms with Crippen LogP contribution in [0.5, 0.6) is 5.75 Å². The fourth-order valence-corrected chi connectivity index (χ4v) is 2.28. The van der Waals surface area contributed by atoms with E-state index in [1.807, 2.05) is 19.1 Å². The Morgan fingerprint density at radius 3 is 2.37 bits per heavy atom. The molecule has 106 valence electrons. The number of benzene rings is 1. The smallest absolute Gasteiger partial charge is 0.234 e. The molecular weight excluding hydrogens is 240 g/mol. The Morgan fingerprint density at radius 1 is 1.26 bits per heavy atom. The Bertz CT molecular complexity index is 390. The van der Waals surface area contributed by atoms with Gasteiger partial charge < -0.3 is 10.4 Å². The molecule has 4 heteroatoms. The molecule has 0 aliphatic carbocycles. The summed E-state index contributed by atoms with van der Waals surface area (Å²) in [5.74, 6) is 0.326. The lowest BCUT2D eigenvalue weighted by atomic mass is 10.0. The molecule has 0 radical (unpaired) electrons. The molecule has 0 aromatic heterocycles. The summed E-state index contributed by atoms with van der Waals surface area (Å²) >= 11 is 0. The molecule has 2 N–H and O–H groups in total. The number of nitrogens with one attached hydrogen (secondary N) is 1. The van der Waals surface area contributed by atoms with Crippen molar-refractivity contribution in [1.29, 1.82) is 0 Å². The van der Waals surface area contributed by atoms with Crippen molar-refractivity contribution in [3.63, 3.8) is 0 Å². The van der Waals surface area contributed by atoms with Gasteiger partial charge in [-0.05, 0) is 37.6 Å². The van der Waals surface area contributed by atoms with E-state index in [1.54, 1.807) is 12.1 Å². The van der Waals surface area contributed by atoms with Crippen LogP contribution >= 0.6 is 0 Å². The third-order valence-electron chi connectivity index (χ3n) is 3.23. The van der Waals surface area contributed by atoms with Crippen LogP contribution < -0.4 is 5.32 Å². The van der Waals surface area contributed by atoms with Gasteiger partial charge in [-0.15, -0.1) is 0 Å². The van der Waals surface area contributed by atoms with E-state index in [-0.39, 0.29) is 17.7 Å². The Hall–Kier alpha value is -1.55. The maximum atomic E-state index is 11.7. The topological polar surface area (TPSA) is 52.6 Å². The van der Waals surface area contributed by atoms with Crippen molar-refractivity contribution in [3.05, 3.63) is 29.8 Å². The predicted octanol–water partition coefficient (Wildman–Crippen LogP) is 2.30. The average Bonchev–Trinajstić information content (AvgIpc) is 2.40. The molecule has 0 bridgehead atoms. The van der Waals surface area contributed by atoms with E-state index in [2.05, 4.69) is 24.1 Å². The van der Waals surface area contributed by atoms with Crippen molar-refractivity contribution < 1.29 is 9.90 Å². The van der Waals surface area contributed by atoms with E-state index in [1.165, 1.54) is 0 Å². The number of amides is 1. The maximum Gasteiger partial charge on any atom is 0.234 e. The number of hydrogen-bond acceptors (Lipinski definition) is 3. The quantitative estimate of drug-likeness (QED) is 0.794. The van der Waals surface area contributed by atoms with E-state index in [9.17, 15) is 9.90 Å². The summed E-state index contributed by atoms with van der Waals surface area (Å²) in [6.45, 7) is 7.97. The van der Waals surface area contributed by atoms with Crippen LogP contribution in [0.15, 0.2) is 24.3 Å². The fraction of sp³-hybridized carbons (Fsp3) is 0.533. The minimum absolute atomic E-state index is 0.0570. The van der Waals surface area contributed by atoms with Crippen LogP contribution in [0, 0.1) is 0 Å². The highest BCUT2D eigenvalue weighted by Crippen LogP contribution is 2.25. The maximum absolute atomic E-state index is 11.7. The summed E-state index contributed by atoms with van der Waals surface area (Å²) in [7, 11) is 0. The highest BCUT2D eigenvalue weighted by Gasteiger charge is 2.19. The van der Waals surface area contributed by atoms with Crippen LogP contribution in [0.1, 0.15) is 38.8 Å². The van der Waals surface area contributed by atoms with Gasteiger partial charge in [0.05, 0.1) is 6.54 Å². The number of carbonyl (C=O) groups excluding carboxylic acids is 1. The number of phenolic OH excluding ortho intramolecular Hbond substituents is 1. The van der Waals surface area contributed by atoms with Gasteiger partial charge in [-0.1, -0.05) is 26.0 Å². The van der Waals surface area contributed by atoms with Gasteiger partial charge in [-0.25, -0.2) is 0 Å². The second-order valence-electron chi connectivity index (χ2n) is 4.53. The van der Waals surface area contributed by atoms with Gasteiger partial charge in [0.15, 0.2) is 0 Å². The van der Waals surface area contributed by atoms with Crippen LogP contribution in [0.25, 0.3) is 0 Å². The SMILES string of the molecule is CCNC(=O)CN(CC)C(CC)c1ccc(O)cc1. The van der Waals surface area contributed by atoms with E-state index in [0.29, 0.717) is 13.1 Å². The van der Waals surface area contributed by atoms with Crippen LogP contribution in [0.2, 0.25) is 0 Å². The highest BCUT2D eigenvalue weighted by atomic mass is 16.3. The second kappa shape index (κ2) is 7.79. The Balaban J connectivity index is 2.80. The number of nitrogens with zero attached hydrogens (tertiary/aromatic N) is 1.